The summed E-state index contributed by atoms with van der Waals surface area (Å²) in [5, 5.41) is 5.63. The molecule has 0 atom stereocenters. The Balaban J connectivity index is 1.37. The number of nitrogens with one attached hydrogen (secondary N) is 2. The predicted molar refractivity (Wildman–Crippen MR) is 108 cm³/mol. The fraction of sp³-hybridized carbons (Fsp3) is 0.381. The monoisotopic (exact) mass is 369 g/mol. The predicted octanol–water partition coefficient (Wildman–Crippen LogP) is 3.89. The lowest BCUT2D eigenvalue weighted by atomic mass is 10.2. The van der Waals surface area contributed by atoms with E-state index in [-0.39, 0.29) is 6.03 Å². The van der Waals surface area contributed by atoms with Crippen molar-refractivity contribution < 1.29 is 14.3 Å². The zero-order valence-electron chi connectivity index (χ0n) is 15.7. The standard InChI is InChI=1S/C21H27N3O3/c1-2-26-19-6-5-7-20(16-19)27-15-12-22-21(25)23-17-8-10-18(11-9-17)24-13-3-4-14-24/h5-11,16H,2-4,12-15H2,1H3,(H2,22,23,25). The number of ether oxygens (including phenoxy) is 2. The molecule has 1 heterocycles. The second-order valence-electron chi connectivity index (χ2n) is 6.38. The van der Waals surface area contributed by atoms with Gasteiger partial charge in [-0.3, -0.25) is 0 Å². The van der Waals surface area contributed by atoms with Gasteiger partial charge in [0.05, 0.1) is 13.2 Å². The highest BCUT2D eigenvalue weighted by molar-refractivity contribution is 5.89. The van der Waals surface area contributed by atoms with Gasteiger partial charge in [-0.25, -0.2) is 4.79 Å². The lowest BCUT2D eigenvalue weighted by molar-refractivity contribution is 0.247. The molecule has 0 unspecified atom stereocenters. The molecule has 144 valence electrons. The van der Waals surface area contributed by atoms with Gasteiger partial charge in [-0.05, 0) is 56.2 Å². The third kappa shape index (κ3) is 5.81. The van der Waals surface area contributed by atoms with Gasteiger partial charge in [0.1, 0.15) is 18.1 Å². The van der Waals surface area contributed by atoms with Crippen molar-refractivity contribution in [3.8, 4) is 11.5 Å². The van der Waals surface area contributed by atoms with Gasteiger partial charge in [-0.2, -0.15) is 0 Å². The van der Waals surface area contributed by atoms with Crippen molar-refractivity contribution in [2.75, 3.05) is 43.1 Å². The average Bonchev–Trinajstić information content (AvgIpc) is 3.21. The molecule has 0 bridgehead atoms. The van der Waals surface area contributed by atoms with E-state index in [0.29, 0.717) is 19.8 Å². The van der Waals surface area contributed by atoms with Gasteiger partial charge in [0, 0.05) is 30.5 Å². The number of rotatable bonds is 8. The molecule has 2 N–H and O–H groups in total. The molecule has 1 saturated heterocycles. The minimum Gasteiger partial charge on any atom is -0.494 e. The van der Waals surface area contributed by atoms with E-state index in [9.17, 15) is 4.79 Å². The molecular formula is C21H27N3O3. The Labute approximate surface area is 160 Å². The van der Waals surface area contributed by atoms with E-state index in [1.165, 1.54) is 18.5 Å². The van der Waals surface area contributed by atoms with Crippen molar-refractivity contribution in [2.45, 2.75) is 19.8 Å². The first kappa shape index (κ1) is 18.9. The van der Waals surface area contributed by atoms with Gasteiger partial charge in [-0.15, -0.1) is 0 Å². The normalized spacial score (nSPS) is 13.3. The van der Waals surface area contributed by atoms with Crippen molar-refractivity contribution >= 4 is 17.4 Å². The number of carbonyl (C=O) groups is 1. The third-order valence-corrected chi connectivity index (χ3v) is 4.37. The van der Waals surface area contributed by atoms with Crippen LogP contribution in [0.25, 0.3) is 0 Å². The number of amides is 2. The average molecular weight is 369 g/mol. The van der Waals surface area contributed by atoms with E-state index < -0.39 is 0 Å². The summed E-state index contributed by atoms with van der Waals surface area (Å²) in [5.41, 5.74) is 1.99. The number of hydrogen-bond donors (Lipinski definition) is 2. The van der Waals surface area contributed by atoms with Gasteiger partial charge >= 0.3 is 6.03 Å². The quantitative estimate of drug-likeness (QED) is 0.693. The molecule has 0 radical (unpaired) electrons. The summed E-state index contributed by atoms with van der Waals surface area (Å²) in [6, 6.07) is 15.2. The molecule has 3 rings (SSSR count). The molecule has 27 heavy (non-hydrogen) atoms. The molecular weight excluding hydrogens is 342 g/mol. The molecule has 0 spiro atoms. The van der Waals surface area contributed by atoms with Crippen molar-refractivity contribution in [3.63, 3.8) is 0 Å². The smallest absolute Gasteiger partial charge is 0.319 e. The Morgan fingerprint density at radius 2 is 1.74 bits per heavy atom. The molecule has 1 aliphatic heterocycles. The van der Waals surface area contributed by atoms with E-state index in [1.54, 1.807) is 0 Å². The van der Waals surface area contributed by atoms with Gasteiger partial charge < -0.3 is 25.0 Å². The van der Waals surface area contributed by atoms with Crippen LogP contribution in [-0.4, -0.2) is 38.9 Å². The highest BCUT2D eigenvalue weighted by Gasteiger charge is 2.12. The molecule has 2 aromatic rings. The van der Waals surface area contributed by atoms with E-state index in [2.05, 4.69) is 27.7 Å². The number of anilines is 2. The molecule has 0 aromatic heterocycles. The second-order valence-corrected chi connectivity index (χ2v) is 6.38. The van der Waals surface area contributed by atoms with Crippen LogP contribution in [0.15, 0.2) is 48.5 Å². The molecule has 2 aromatic carbocycles. The molecule has 1 aliphatic rings. The van der Waals surface area contributed by atoms with Crippen LogP contribution in [0.1, 0.15) is 19.8 Å². The molecule has 0 aliphatic carbocycles. The van der Waals surface area contributed by atoms with Crippen molar-refractivity contribution in [1.29, 1.82) is 0 Å². The summed E-state index contributed by atoms with van der Waals surface area (Å²) >= 11 is 0. The molecule has 0 saturated carbocycles. The van der Waals surface area contributed by atoms with E-state index in [0.717, 1.165) is 30.3 Å². The first-order chi connectivity index (χ1) is 13.2. The maximum Gasteiger partial charge on any atom is 0.319 e. The van der Waals surface area contributed by atoms with Crippen LogP contribution in [0.3, 0.4) is 0 Å². The maximum absolute atomic E-state index is 12.0. The van der Waals surface area contributed by atoms with Gasteiger partial charge in [0.25, 0.3) is 0 Å². The second kappa shape index (κ2) is 9.71. The number of nitrogens with zero attached hydrogens (tertiary/aromatic N) is 1. The van der Waals surface area contributed by atoms with Gasteiger partial charge in [0.15, 0.2) is 0 Å². The summed E-state index contributed by atoms with van der Waals surface area (Å²) in [6.07, 6.45) is 2.50. The first-order valence-electron chi connectivity index (χ1n) is 9.50. The number of benzene rings is 2. The number of hydrogen-bond acceptors (Lipinski definition) is 4. The summed E-state index contributed by atoms with van der Waals surface area (Å²) in [5.74, 6) is 1.50. The summed E-state index contributed by atoms with van der Waals surface area (Å²) in [6.45, 7) is 5.58. The Morgan fingerprint density at radius 1 is 1.04 bits per heavy atom. The summed E-state index contributed by atoms with van der Waals surface area (Å²) in [7, 11) is 0. The van der Waals surface area contributed by atoms with Crippen LogP contribution in [-0.2, 0) is 0 Å². The van der Waals surface area contributed by atoms with Gasteiger partial charge in [0.2, 0.25) is 0 Å². The van der Waals surface area contributed by atoms with Crippen LogP contribution in [0, 0.1) is 0 Å². The minimum atomic E-state index is -0.240. The molecule has 6 nitrogen and oxygen atoms in total. The Morgan fingerprint density at radius 3 is 2.44 bits per heavy atom. The van der Waals surface area contributed by atoms with Crippen molar-refractivity contribution in [1.82, 2.24) is 5.32 Å². The minimum absolute atomic E-state index is 0.240. The van der Waals surface area contributed by atoms with Crippen LogP contribution >= 0.6 is 0 Å². The van der Waals surface area contributed by atoms with Crippen LogP contribution in [0.4, 0.5) is 16.2 Å². The topological polar surface area (TPSA) is 62.8 Å². The Hall–Kier alpha value is -2.89. The van der Waals surface area contributed by atoms with Crippen LogP contribution in [0.5, 0.6) is 11.5 Å². The Bertz CT molecular complexity index is 728. The zero-order chi connectivity index (χ0) is 18.9. The SMILES string of the molecule is CCOc1cccc(OCCNC(=O)Nc2ccc(N3CCCC3)cc2)c1. The lowest BCUT2D eigenvalue weighted by Crippen LogP contribution is -2.32. The van der Waals surface area contributed by atoms with Crippen molar-refractivity contribution in [3.05, 3.63) is 48.5 Å². The fourth-order valence-electron chi connectivity index (χ4n) is 3.06. The van der Waals surface area contributed by atoms with Crippen LogP contribution < -0.4 is 25.0 Å². The molecule has 6 heteroatoms. The molecule has 1 fully saturated rings. The van der Waals surface area contributed by atoms with E-state index in [4.69, 9.17) is 9.47 Å². The van der Waals surface area contributed by atoms with E-state index >= 15 is 0 Å². The molecule has 2 amide bonds. The third-order valence-electron chi connectivity index (χ3n) is 4.37. The number of urea groups is 1. The Kier molecular flexibility index (Phi) is 6.79. The fourth-order valence-corrected chi connectivity index (χ4v) is 3.06. The largest absolute Gasteiger partial charge is 0.494 e. The maximum atomic E-state index is 12.0. The van der Waals surface area contributed by atoms with Crippen molar-refractivity contribution in [2.24, 2.45) is 0 Å². The first-order valence-corrected chi connectivity index (χ1v) is 9.50. The van der Waals surface area contributed by atoms with Crippen LogP contribution in [0.2, 0.25) is 0 Å². The zero-order valence-corrected chi connectivity index (χ0v) is 15.7. The van der Waals surface area contributed by atoms with Gasteiger partial charge in [-0.1, -0.05) is 6.07 Å². The highest BCUT2D eigenvalue weighted by Crippen LogP contribution is 2.22. The number of carbonyl (C=O) groups excluding carboxylic acids is 1. The highest BCUT2D eigenvalue weighted by atomic mass is 16.5. The summed E-state index contributed by atoms with van der Waals surface area (Å²) < 4.78 is 11.1. The van der Waals surface area contributed by atoms with E-state index in [1.807, 2.05) is 43.3 Å². The lowest BCUT2D eigenvalue weighted by Gasteiger charge is -2.17. The summed E-state index contributed by atoms with van der Waals surface area (Å²) in [4.78, 5) is 14.4.